The number of likely N-dealkylation sites (N-methyl/N-ethyl adjacent to an activating group) is 1. The van der Waals surface area contributed by atoms with E-state index in [1.54, 1.807) is 6.42 Å². The highest BCUT2D eigenvalue weighted by atomic mass is 79.9. The van der Waals surface area contributed by atoms with Gasteiger partial charge in [0.1, 0.15) is 0 Å². The van der Waals surface area contributed by atoms with Gasteiger partial charge in [0.05, 0.1) is 0 Å². The minimum atomic E-state index is 0.702. The Morgan fingerprint density at radius 1 is 1.25 bits per heavy atom. The van der Waals surface area contributed by atoms with Crippen molar-refractivity contribution in [2.24, 2.45) is 29.6 Å². The van der Waals surface area contributed by atoms with Crippen LogP contribution < -0.4 is 5.32 Å². The Kier molecular flexibility index (Phi) is 3.42. The molecule has 0 radical (unpaired) electrons. The van der Waals surface area contributed by atoms with E-state index in [4.69, 9.17) is 0 Å². The quantitative estimate of drug-likeness (QED) is 0.848. The Balaban J connectivity index is 1.49. The van der Waals surface area contributed by atoms with E-state index in [9.17, 15) is 0 Å². The van der Waals surface area contributed by atoms with Gasteiger partial charge in [-0.3, -0.25) is 0 Å². The second-order valence-electron chi connectivity index (χ2n) is 7.06. The lowest BCUT2D eigenvalue weighted by atomic mass is 9.93. The van der Waals surface area contributed by atoms with Gasteiger partial charge in [0.15, 0.2) is 0 Å². The Hall–Kier alpha value is -0.340. The van der Waals surface area contributed by atoms with Gasteiger partial charge in [-0.05, 0) is 79.5 Å². The molecule has 1 nitrogen and oxygen atoms in total. The third kappa shape index (κ3) is 2.16. The molecule has 5 atom stereocenters. The molecule has 20 heavy (non-hydrogen) atoms. The van der Waals surface area contributed by atoms with Crippen molar-refractivity contribution in [1.29, 1.82) is 0 Å². The molecular formula is C18H24BrN. The minimum absolute atomic E-state index is 0.702. The predicted octanol–water partition coefficient (Wildman–Crippen LogP) is 4.26. The summed E-state index contributed by atoms with van der Waals surface area (Å²) in [6, 6.07) is 9.56. The second kappa shape index (κ2) is 5.14. The fourth-order valence-electron chi connectivity index (χ4n) is 5.45. The van der Waals surface area contributed by atoms with Crippen molar-refractivity contribution in [3.8, 4) is 0 Å². The molecule has 2 heteroatoms. The van der Waals surface area contributed by atoms with Crippen LogP contribution in [0.4, 0.5) is 0 Å². The summed E-state index contributed by atoms with van der Waals surface area (Å²) in [5.41, 5.74) is 1.47. The van der Waals surface area contributed by atoms with Crippen molar-refractivity contribution < 1.29 is 0 Å². The topological polar surface area (TPSA) is 12.0 Å². The van der Waals surface area contributed by atoms with Crippen LogP contribution in [0.3, 0.4) is 0 Å². The largest absolute Gasteiger partial charge is 0.314 e. The highest BCUT2D eigenvalue weighted by Gasteiger charge is 2.66. The number of benzene rings is 1. The van der Waals surface area contributed by atoms with Crippen molar-refractivity contribution in [2.75, 3.05) is 6.54 Å². The first-order chi connectivity index (χ1) is 9.78. The van der Waals surface area contributed by atoms with Gasteiger partial charge in [-0.25, -0.2) is 0 Å². The molecule has 0 saturated heterocycles. The predicted molar refractivity (Wildman–Crippen MR) is 86.6 cm³/mol. The summed E-state index contributed by atoms with van der Waals surface area (Å²) in [5, 5.41) is 3.79. The molecule has 3 aliphatic carbocycles. The van der Waals surface area contributed by atoms with Crippen LogP contribution in [0, 0.1) is 29.6 Å². The van der Waals surface area contributed by atoms with Crippen LogP contribution in [-0.2, 0) is 6.42 Å². The third-order valence-electron chi connectivity index (χ3n) is 6.07. The Labute approximate surface area is 130 Å². The van der Waals surface area contributed by atoms with E-state index in [0.717, 1.165) is 36.1 Å². The zero-order chi connectivity index (χ0) is 13.7. The lowest BCUT2D eigenvalue weighted by Gasteiger charge is -2.21. The zero-order valence-corrected chi connectivity index (χ0v) is 13.8. The first-order valence-electron chi connectivity index (χ1n) is 8.25. The summed E-state index contributed by atoms with van der Waals surface area (Å²) >= 11 is 3.60. The molecule has 2 bridgehead atoms. The van der Waals surface area contributed by atoms with Crippen LogP contribution in [0.2, 0.25) is 0 Å². The van der Waals surface area contributed by atoms with Gasteiger partial charge < -0.3 is 5.32 Å². The summed E-state index contributed by atoms with van der Waals surface area (Å²) in [6.45, 7) is 3.35. The molecule has 3 aliphatic rings. The van der Waals surface area contributed by atoms with Crippen LogP contribution >= 0.6 is 15.9 Å². The van der Waals surface area contributed by atoms with E-state index in [1.807, 2.05) is 0 Å². The summed E-state index contributed by atoms with van der Waals surface area (Å²) in [7, 11) is 0. The summed E-state index contributed by atoms with van der Waals surface area (Å²) in [6.07, 6.45) is 5.81. The van der Waals surface area contributed by atoms with E-state index in [2.05, 4.69) is 52.4 Å². The Morgan fingerprint density at radius 3 is 2.65 bits per heavy atom. The standard InChI is InChI=1S/C18H24BrN/c1-2-20-15(9-11-4-3-5-14(19)8-11)18-16-12-6-7-13(10-12)17(16)18/h3-5,8,12-13,15-18,20H,2,6-7,9-10H2,1H3. The number of nitrogens with one attached hydrogen (secondary N) is 1. The highest BCUT2D eigenvalue weighted by Crippen LogP contribution is 2.70. The summed E-state index contributed by atoms with van der Waals surface area (Å²) in [5.74, 6) is 5.28. The van der Waals surface area contributed by atoms with Crippen LogP contribution in [-0.4, -0.2) is 12.6 Å². The van der Waals surface area contributed by atoms with Crippen LogP contribution in [0.1, 0.15) is 31.7 Å². The van der Waals surface area contributed by atoms with Gasteiger partial charge in [-0.1, -0.05) is 35.0 Å². The molecule has 5 unspecified atom stereocenters. The summed E-state index contributed by atoms with van der Waals surface area (Å²) in [4.78, 5) is 0. The first-order valence-corrected chi connectivity index (χ1v) is 9.05. The number of hydrogen-bond acceptors (Lipinski definition) is 1. The van der Waals surface area contributed by atoms with Crippen molar-refractivity contribution in [1.82, 2.24) is 5.32 Å². The van der Waals surface area contributed by atoms with Gasteiger partial charge in [0.2, 0.25) is 0 Å². The van der Waals surface area contributed by atoms with E-state index < -0.39 is 0 Å². The molecule has 1 N–H and O–H groups in total. The van der Waals surface area contributed by atoms with Crippen LogP contribution in [0.5, 0.6) is 0 Å². The number of hydrogen-bond donors (Lipinski definition) is 1. The van der Waals surface area contributed by atoms with Crippen molar-refractivity contribution in [2.45, 2.75) is 38.6 Å². The molecule has 0 heterocycles. The fraction of sp³-hybridized carbons (Fsp3) is 0.667. The van der Waals surface area contributed by atoms with Crippen LogP contribution in [0.25, 0.3) is 0 Å². The zero-order valence-electron chi connectivity index (χ0n) is 12.2. The maximum absolute atomic E-state index is 3.79. The monoisotopic (exact) mass is 333 g/mol. The van der Waals surface area contributed by atoms with Crippen LogP contribution in [0.15, 0.2) is 28.7 Å². The highest BCUT2D eigenvalue weighted by molar-refractivity contribution is 9.10. The third-order valence-corrected chi connectivity index (χ3v) is 6.56. The van der Waals surface area contributed by atoms with Gasteiger partial charge in [-0.15, -0.1) is 0 Å². The van der Waals surface area contributed by atoms with Gasteiger partial charge in [-0.2, -0.15) is 0 Å². The molecule has 0 aliphatic heterocycles. The lowest BCUT2D eigenvalue weighted by Crippen LogP contribution is -2.35. The Bertz CT molecular complexity index is 484. The van der Waals surface area contributed by atoms with Gasteiger partial charge >= 0.3 is 0 Å². The molecular weight excluding hydrogens is 310 g/mol. The molecule has 0 amide bonds. The normalized spacial score (nSPS) is 38.8. The molecule has 0 spiro atoms. The second-order valence-corrected chi connectivity index (χ2v) is 7.98. The number of fused-ring (bicyclic) bond motifs is 5. The van der Waals surface area contributed by atoms with E-state index in [1.165, 1.54) is 29.3 Å². The van der Waals surface area contributed by atoms with Gasteiger partial charge in [0, 0.05) is 10.5 Å². The first kappa shape index (κ1) is 13.3. The maximum Gasteiger partial charge on any atom is 0.0178 e. The number of halogens is 1. The molecule has 108 valence electrons. The Morgan fingerprint density at radius 2 is 2.00 bits per heavy atom. The molecule has 1 aromatic rings. The van der Waals surface area contributed by atoms with E-state index in [-0.39, 0.29) is 0 Å². The fourth-order valence-corrected chi connectivity index (χ4v) is 5.90. The van der Waals surface area contributed by atoms with Gasteiger partial charge in [0.25, 0.3) is 0 Å². The molecule has 3 fully saturated rings. The molecule has 4 rings (SSSR count). The smallest absolute Gasteiger partial charge is 0.0178 e. The van der Waals surface area contributed by atoms with Crippen molar-refractivity contribution in [3.63, 3.8) is 0 Å². The van der Waals surface area contributed by atoms with Crippen molar-refractivity contribution >= 4 is 15.9 Å². The molecule has 0 aromatic heterocycles. The van der Waals surface area contributed by atoms with E-state index in [0.29, 0.717) is 6.04 Å². The average molecular weight is 334 g/mol. The molecule has 3 saturated carbocycles. The molecule has 1 aromatic carbocycles. The SMILES string of the molecule is CCNC(Cc1cccc(Br)c1)C1C2C3CCC(C3)C21. The maximum atomic E-state index is 3.79. The minimum Gasteiger partial charge on any atom is -0.314 e. The summed E-state index contributed by atoms with van der Waals surface area (Å²) < 4.78 is 1.21. The lowest BCUT2D eigenvalue weighted by molar-refractivity contribution is 0.365. The van der Waals surface area contributed by atoms with E-state index >= 15 is 0 Å². The van der Waals surface area contributed by atoms with Crippen molar-refractivity contribution in [3.05, 3.63) is 34.3 Å². The average Bonchev–Trinajstić information content (AvgIpc) is 2.86. The number of rotatable bonds is 5.